The van der Waals surface area contributed by atoms with Gasteiger partial charge in [0.25, 0.3) is 0 Å². The number of nitrogens with zero attached hydrogens (tertiary/aromatic N) is 2. The first-order chi connectivity index (χ1) is 14.2. The molecular formula is C24H31FN2O2. The van der Waals surface area contributed by atoms with Crippen LogP contribution in [0.15, 0.2) is 48.5 Å². The summed E-state index contributed by atoms with van der Waals surface area (Å²) in [5, 5.41) is 9.65. The molecule has 2 aromatic carbocycles. The van der Waals surface area contributed by atoms with Crippen LogP contribution in [0.2, 0.25) is 0 Å². The molecule has 2 heterocycles. The number of benzene rings is 2. The summed E-state index contributed by atoms with van der Waals surface area (Å²) in [4.78, 5) is 5.01. The number of hydrogen-bond acceptors (Lipinski definition) is 4. The van der Waals surface area contributed by atoms with Crippen molar-refractivity contribution >= 4 is 0 Å². The first-order valence-corrected chi connectivity index (χ1v) is 10.8. The Labute approximate surface area is 172 Å². The molecule has 2 fully saturated rings. The van der Waals surface area contributed by atoms with Crippen LogP contribution < -0.4 is 0 Å². The molecule has 0 bridgehead atoms. The third kappa shape index (κ3) is 5.56. The summed E-state index contributed by atoms with van der Waals surface area (Å²) in [6.45, 7) is 6.87. The summed E-state index contributed by atoms with van der Waals surface area (Å²) in [6.07, 6.45) is 3.39. The van der Waals surface area contributed by atoms with Crippen molar-refractivity contribution in [2.75, 3.05) is 39.3 Å². The van der Waals surface area contributed by atoms with Gasteiger partial charge in [-0.15, -0.1) is 0 Å². The highest BCUT2D eigenvalue weighted by Gasteiger charge is 2.26. The van der Waals surface area contributed by atoms with Crippen LogP contribution in [0.25, 0.3) is 0 Å². The highest BCUT2D eigenvalue weighted by atomic mass is 19.1. The van der Waals surface area contributed by atoms with Gasteiger partial charge in [0, 0.05) is 32.8 Å². The largest absolute Gasteiger partial charge is 0.505 e. The maximum atomic E-state index is 13.3. The number of hydrogen-bond donors (Lipinski definition) is 1. The predicted octanol–water partition coefficient (Wildman–Crippen LogP) is 4.00. The fourth-order valence-electron chi connectivity index (χ4n) is 4.59. The monoisotopic (exact) mass is 398 g/mol. The minimum atomic E-state index is -0.545. The Morgan fingerprint density at radius 1 is 1.00 bits per heavy atom. The molecule has 1 atom stereocenters. The standard InChI is InChI=1S/C24H31FN2O2/c25-23-8-7-21(15-24(23)28)20-9-12-26(13-10-20)17-22-18-27(11-4-14-29-22)16-19-5-2-1-3-6-19/h1-3,5-8,15,20,22,28H,4,9-14,16-18H2. The van der Waals surface area contributed by atoms with E-state index < -0.39 is 5.82 Å². The second-order valence-electron chi connectivity index (χ2n) is 8.35. The fourth-order valence-corrected chi connectivity index (χ4v) is 4.59. The van der Waals surface area contributed by atoms with Gasteiger partial charge in [-0.05, 0) is 61.5 Å². The van der Waals surface area contributed by atoms with Gasteiger partial charge in [-0.2, -0.15) is 0 Å². The number of phenols is 1. The second-order valence-corrected chi connectivity index (χ2v) is 8.35. The van der Waals surface area contributed by atoms with E-state index in [1.165, 1.54) is 11.6 Å². The van der Waals surface area contributed by atoms with E-state index >= 15 is 0 Å². The van der Waals surface area contributed by atoms with E-state index in [2.05, 4.69) is 40.1 Å². The minimum Gasteiger partial charge on any atom is -0.505 e. The Kier molecular flexibility index (Phi) is 6.80. The van der Waals surface area contributed by atoms with E-state index in [9.17, 15) is 9.50 Å². The zero-order valence-electron chi connectivity index (χ0n) is 17.0. The third-order valence-electron chi connectivity index (χ3n) is 6.17. The molecule has 0 spiro atoms. The first-order valence-electron chi connectivity index (χ1n) is 10.8. The van der Waals surface area contributed by atoms with Crippen LogP contribution in [0.5, 0.6) is 5.75 Å². The molecule has 0 radical (unpaired) electrons. The van der Waals surface area contributed by atoms with Crippen molar-refractivity contribution in [3.05, 3.63) is 65.5 Å². The molecule has 5 heteroatoms. The molecule has 0 aliphatic carbocycles. The molecule has 2 saturated heterocycles. The Balaban J connectivity index is 1.28. The van der Waals surface area contributed by atoms with E-state index in [4.69, 9.17) is 4.74 Å². The molecule has 4 rings (SSSR count). The van der Waals surface area contributed by atoms with Gasteiger partial charge in [0.1, 0.15) is 0 Å². The van der Waals surface area contributed by atoms with E-state index in [1.54, 1.807) is 6.07 Å². The van der Waals surface area contributed by atoms with Gasteiger partial charge in [-0.25, -0.2) is 4.39 Å². The highest BCUT2D eigenvalue weighted by molar-refractivity contribution is 5.31. The molecule has 1 unspecified atom stereocenters. The van der Waals surface area contributed by atoms with Crippen molar-refractivity contribution in [1.82, 2.24) is 9.80 Å². The number of halogens is 1. The van der Waals surface area contributed by atoms with Crippen LogP contribution in [-0.4, -0.2) is 60.3 Å². The van der Waals surface area contributed by atoms with Crippen LogP contribution in [0.4, 0.5) is 4.39 Å². The lowest BCUT2D eigenvalue weighted by atomic mass is 9.89. The van der Waals surface area contributed by atoms with Crippen LogP contribution >= 0.6 is 0 Å². The zero-order chi connectivity index (χ0) is 20.1. The van der Waals surface area contributed by atoms with Crippen molar-refractivity contribution in [3.8, 4) is 5.75 Å². The molecule has 0 aromatic heterocycles. The summed E-state index contributed by atoms with van der Waals surface area (Å²) in [5.41, 5.74) is 2.40. The summed E-state index contributed by atoms with van der Waals surface area (Å²) >= 11 is 0. The SMILES string of the molecule is Oc1cc(C2CCN(CC3CN(Cc4ccccc4)CCCO3)CC2)ccc1F. The molecule has 2 aromatic rings. The average Bonchev–Trinajstić information content (AvgIpc) is 2.96. The fraction of sp³-hybridized carbons (Fsp3) is 0.500. The Morgan fingerprint density at radius 3 is 2.55 bits per heavy atom. The Hall–Kier alpha value is -1.95. The normalized spacial score (nSPS) is 22.4. The van der Waals surface area contributed by atoms with Crippen LogP contribution in [-0.2, 0) is 11.3 Å². The van der Waals surface area contributed by atoms with Gasteiger partial charge in [0.05, 0.1) is 6.10 Å². The van der Waals surface area contributed by atoms with Gasteiger partial charge in [0.2, 0.25) is 0 Å². The lowest BCUT2D eigenvalue weighted by Crippen LogP contribution is -2.43. The third-order valence-corrected chi connectivity index (χ3v) is 6.17. The van der Waals surface area contributed by atoms with Crippen molar-refractivity contribution in [2.24, 2.45) is 0 Å². The quantitative estimate of drug-likeness (QED) is 0.826. The molecule has 29 heavy (non-hydrogen) atoms. The Bertz CT molecular complexity index is 778. The average molecular weight is 399 g/mol. The number of rotatable bonds is 5. The molecule has 156 valence electrons. The van der Waals surface area contributed by atoms with Gasteiger partial charge < -0.3 is 14.7 Å². The summed E-state index contributed by atoms with van der Waals surface area (Å²) in [5.74, 6) is -0.394. The van der Waals surface area contributed by atoms with Gasteiger partial charge >= 0.3 is 0 Å². The van der Waals surface area contributed by atoms with Crippen molar-refractivity contribution in [1.29, 1.82) is 0 Å². The van der Waals surface area contributed by atoms with Crippen LogP contribution in [0.1, 0.15) is 36.3 Å². The molecule has 2 aliphatic heterocycles. The van der Waals surface area contributed by atoms with Crippen LogP contribution in [0, 0.1) is 5.82 Å². The number of aromatic hydroxyl groups is 1. The zero-order valence-corrected chi connectivity index (χ0v) is 17.0. The maximum absolute atomic E-state index is 13.3. The lowest BCUT2D eigenvalue weighted by molar-refractivity contribution is 0.0203. The first kappa shape index (κ1) is 20.3. The molecular weight excluding hydrogens is 367 g/mol. The summed E-state index contributed by atoms with van der Waals surface area (Å²) in [6, 6.07) is 15.4. The molecule has 0 saturated carbocycles. The minimum absolute atomic E-state index is 0.240. The number of piperidine rings is 1. The molecule has 4 nitrogen and oxygen atoms in total. The maximum Gasteiger partial charge on any atom is 0.164 e. The van der Waals surface area contributed by atoms with Crippen molar-refractivity contribution < 1.29 is 14.2 Å². The number of ether oxygens (including phenoxy) is 1. The Morgan fingerprint density at radius 2 is 1.79 bits per heavy atom. The van der Waals surface area contributed by atoms with Gasteiger partial charge in [-0.1, -0.05) is 36.4 Å². The molecule has 0 amide bonds. The van der Waals surface area contributed by atoms with E-state index in [0.717, 1.165) is 70.7 Å². The molecule has 2 aliphatic rings. The van der Waals surface area contributed by atoms with Crippen molar-refractivity contribution in [2.45, 2.75) is 37.8 Å². The van der Waals surface area contributed by atoms with Gasteiger partial charge in [0.15, 0.2) is 11.6 Å². The topological polar surface area (TPSA) is 35.9 Å². The van der Waals surface area contributed by atoms with E-state index in [-0.39, 0.29) is 11.9 Å². The highest BCUT2D eigenvalue weighted by Crippen LogP contribution is 2.31. The lowest BCUT2D eigenvalue weighted by Gasteiger charge is -2.35. The summed E-state index contributed by atoms with van der Waals surface area (Å²) < 4.78 is 19.5. The second kappa shape index (κ2) is 9.70. The molecule has 1 N–H and O–H groups in total. The smallest absolute Gasteiger partial charge is 0.164 e. The summed E-state index contributed by atoms with van der Waals surface area (Å²) in [7, 11) is 0. The van der Waals surface area contributed by atoms with E-state index in [0.29, 0.717) is 5.92 Å². The number of likely N-dealkylation sites (tertiary alicyclic amines) is 1. The number of phenolic OH excluding ortho intramolecular Hbond substituents is 1. The van der Waals surface area contributed by atoms with Crippen molar-refractivity contribution in [3.63, 3.8) is 0 Å². The van der Waals surface area contributed by atoms with Gasteiger partial charge in [-0.3, -0.25) is 4.90 Å². The van der Waals surface area contributed by atoms with E-state index in [1.807, 2.05) is 6.07 Å². The predicted molar refractivity (Wildman–Crippen MR) is 113 cm³/mol. The van der Waals surface area contributed by atoms with Crippen LogP contribution in [0.3, 0.4) is 0 Å².